The van der Waals surface area contributed by atoms with Crippen LogP contribution < -0.4 is 11.1 Å². The molecule has 0 aromatic carbocycles. The summed E-state index contributed by atoms with van der Waals surface area (Å²) < 4.78 is 25.2. The molecule has 0 atom stereocenters. The van der Waals surface area contributed by atoms with Gasteiger partial charge in [-0.3, -0.25) is 4.98 Å². The van der Waals surface area contributed by atoms with Gasteiger partial charge in [0, 0.05) is 25.3 Å². The number of halogens is 1. The first kappa shape index (κ1) is 14.5. The summed E-state index contributed by atoms with van der Waals surface area (Å²) in [5.41, 5.74) is 7.28. The first-order valence-corrected chi connectivity index (χ1v) is 8.62. The summed E-state index contributed by atoms with van der Waals surface area (Å²) in [5.74, 6) is 0. The smallest absolute Gasteiger partial charge is 0.211 e. The zero-order valence-corrected chi connectivity index (χ0v) is 13.0. The summed E-state index contributed by atoms with van der Waals surface area (Å²) in [7, 11) is -3.08. The van der Waals surface area contributed by atoms with E-state index in [-0.39, 0.29) is 6.04 Å². The summed E-state index contributed by atoms with van der Waals surface area (Å²) in [4.78, 5) is 3.98. The van der Waals surface area contributed by atoms with Crippen LogP contribution in [-0.4, -0.2) is 43.1 Å². The van der Waals surface area contributed by atoms with Crippen LogP contribution in [0.4, 0.5) is 11.4 Å². The van der Waals surface area contributed by atoms with E-state index in [4.69, 9.17) is 5.73 Å². The van der Waals surface area contributed by atoms with Gasteiger partial charge < -0.3 is 11.1 Å². The number of hydrogen-bond donors (Lipinski definition) is 2. The average Bonchev–Trinajstić information content (AvgIpc) is 2.33. The largest absolute Gasteiger partial charge is 0.396 e. The van der Waals surface area contributed by atoms with Gasteiger partial charge in [-0.05, 0) is 28.8 Å². The lowest BCUT2D eigenvalue weighted by molar-refractivity contribution is 0.332. The lowest BCUT2D eigenvalue weighted by Gasteiger charge is -2.31. The Labute approximate surface area is 121 Å². The summed E-state index contributed by atoms with van der Waals surface area (Å²) in [6.45, 7) is 1.08. The van der Waals surface area contributed by atoms with Gasteiger partial charge in [0.05, 0.1) is 28.3 Å². The SMILES string of the molecule is CS(=O)(=O)N1CCC(Nc2c(N)cncc2Br)CC1. The maximum absolute atomic E-state index is 11.4. The first-order chi connectivity index (χ1) is 8.88. The lowest BCUT2D eigenvalue weighted by atomic mass is 10.1. The third-order valence-electron chi connectivity index (χ3n) is 3.20. The second kappa shape index (κ2) is 5.64. The molecule has 1 aliphatic rings. The number of nitrogen functional groups attached to an aromatic ring is 1. The van der Waals surface area contributed by atoms with Crippen molar-refractivity contribution in [1.29, 1.82) is 0 Å². The van der Waals surface area contributed by atoms with Crippen molar-refractivity contribution in [2.45, 2.75) is 18.9 Å². The Bertz CT molecular complexity index is 536. The van der Waals surface area contributed by atoms with Crippen LogP contribution >= 0.6 is 15.9 Å². The van der Waals surface area contributed by atoms with Crippen molar-refractivity contribution < 1.29 is 8.42 Å². The first-order valence-electron chi connectivity index (χ1n) is 5.98. The molecule has 2 rings (SSSR count). The number of piperidine rings is 1. The van der Waals surface area contributed by atoms with Crippen LogP contribution in [0.25, 0.3) is 0 Å². The Morgan fingerprint density at radius 3 is 2.58 bits per heavy atom. The number of nitrogens with two attached hydrogens (primary N) is 1. The van der Waals surface area contributed by atoms with E-state index >= 15 is 0 Å². The molecule has 8 heteroatoms. The van der Waals surface area contributed by atoms with E-state index < -0.39 is 10.0 Å². The molecular formula is C11H17BrN4O2S. The Morgan fingerprint density at radius 2 is 2.05 bits per heavy atom. The number of anilines is 2. The highest BCUT2D eigenvalue weighted by atomic mass is 79.9. The van der Waals surface area contributed by atoms with Gasteiger partial charge in [-0.1, -0.05) is 0 Å². The van der Waals surface area contributed by atoms with E-state index in [0.717, 1.165) is 23.0 Å². The summed E-state index contributed by atoms with van der Waals surface area (Å²) in [6.07, 6.45) is 6.06. The van der Waals surface area contributed by atoms with Crippen LogP contribution in [-0.2, 0) is 10.0 Å². The summed E-state index contributed by atoms with van der Waals surface area (Å²) >= 11 is 3.41. The normalized spacial score (nSPS) is 18.4. The number of nitrogens with zero attached hydrogens (tertiary/aromatic N) is 2. The predicted molar refractivity (Wildman–Crippen MR) is 79.4 cm³/mol. The quantitative estimate of drug-likeness (QED) is 0.858. The third kappa shape index (κ3) is 3.58. The van der Waals surface area contributed by atoms with Gasteiger partial charge in [0.15, 0.2) is 0 Å². The maximum Gasteiger partial charge on any atom is 0.211 e. The van der Waals surface area contributed by atoms with E-state index in [0.29, 0.717) is 18.8 Å². The van der Waals surface area contributed by atoms with Crippen molar-refractivity contribution in [3.8, 4) is 0 Å². The number of pyridine rings is 1. The Balaban J connectivity index is 2.00. The fraction of sp³-hybridized carbons (Fsp3) is 0.545. The van der Waals surface area contributed by atoms with Gasteiger partial charge >= 0.3 is 0 Å². The molecule has 106 valence electrons. The molecule has 0 bridgehead atoms. The second-order valence-electron chi connectivity index (χ2n) is 4.67. The second-order valence-corrected chi connectivity index (χ2v) is 7.50. The molecule has 3 N–H and O–H groups in total. The van der Waals surface area contributed by atoms with Gasteiger partial charge in [0.25, 0.3) is 0 Å². The average molecular weight is 349 g/mol. The van der Waals surface area contributed by atoms with Crippen LogP contribution in [0.15, 0.2) is 16.9 Å². The molecule has 1 fully saturated rings. The molecule has 0 spiro atoms. The molecule has 0 amide bonds. The highest BCUT2D eigenvalue weighted by Gasteiger charge is 2.25. The van der Waals surface area contributed by atoms with Crippen LogP contribution in [0, 0.1) is 0 Å². The molecule has 1 aromatic heterocycles. The molecule has 2 heterocycles. The predicted octanol–water partition coefficient (Wildman–Crippen LogP) is 1.26. The summed E-state index contributed by atoms with van der Waals surface area (Å²) in [5, 5.41) is 3.36. The summed E-state index contributed by atoms with van der Waals surface area (Å²) in [6, 6.07) is 0.221. The highest BCUT2D eigenvalue weighted by molar-refractivity contribution is 9.10. The van der Waals surface area contributed by atoms with Crippen molar-refractivity contribution >= 4 is 37.3 Å². The zero-order chi connectivity index (χ0) is 14.0. The number of sulfonamides is 1. The molecule has 0 saturated carbocycles. The highest BCUT2D eigenvalue weighted by Crippen LogP contribution is 2.29. The molecular weight excluding hydrogens is 332 g/mol. The number of aromatic nitrogens is 1. The van der Waals surface area contributed by atoms with E-state index in [9.17, 15) is 8.42 Å². The van der Waals surface area contributed by atoms with Crippen molar-refractivity contribution in [2.75, 3.05) is 30.4 Å². The van der Waals surface area contributed by atoms with Crippen LogP contribution in [0.3, 0.4) is 0 Å². The zero-order valence-electron chi connectivity index (χ0n) is 10.6. The molecule has 0 aliphatic carbocycles. The van der Waals surface area contributed by atoms with E-state index in [1.165, 1.54) is 10.6 Å². The minimum Gasteiger partial charge on any atom is -0.396 e. The minimum absolute atomic E-state index is 0.221. The molecule has 1 aromatic rings. The van der Waals surface area contributed by atoms with Gasteiger partial charge in [0.2, 0.25) is 10.0 Å². The van der Waals surface area contributed by atoms with Crippen LogP contribution in [0.1, 0.15) is 12.8 Å². The lowest BCUT2D eigenvalue weighted by Crippen LogP contribution is -2.41. The van der Waals surface area contributed by atoms with Crippen LogP contribution in [0.5, 0.6) is 0 Å². The fourth-order valence-corrected chi connectivity index (χ4v) is 3.47. The van der Waals surface area contributed by atoms with Crippen molar-refractivity contribution in [3.05, 3.63) is 16.9 Å². The third-order valence-corrected chi connectivity index (χ3v) is 5.10. The van der Waals surface area contributed by atoms with Gasteiger partial charge in [-0.25, -0.2) is 12.7 Å². The molecule has 0 unspecified atom stereocenters. The van der Waals surface area contributed by atoms with Crippen molar-refractivity contribution in [2.24, 2.45) is 0 Å². The monoisotopic (exact) mass is 348 g/mol. The van der Waals surface area contributed by atoms with Crippen LogP contribution in [0.2, 0.25) is 0 Å². The van der Waals surface area contributed by atoms with Crippen molar-refractivity contribution in [1.82, 2.24) is 9.29 Å². The molecule has 1 saturated heterocycles. The van der Waals surface area contributed by atoms with E-state index in [1.54, 1.807) is 12.4 Å². The molecule has 6 nitrogen and oxygen atoms in total. The molecule has 19 heavy (non-hydrogen) atoms. The van der Waals surface area contributed by atoms with Gasteiger partial charge in [-0.2, -0.15) is 0 Å². The fourth-order valence-electron chi connectivity index (χ4n) is 2.14. The Kier molecular flexibility index (Phi) is 4.32. The standard InChI is InChI=1S/C11H17BrN4O2S/c1-19(17,18)16-4-2-8(3-5-16)15-11-9(12)6-14-7-10(11)13/h6-8H,2-5,13H2,1H3,(H,14,15). The Hall–Kier alpha value is -0.860. The maximum atomic E-state index is 11.4. The minimum atomic E-state index is -3.08. The Morgan fingerprint density at radius 1 is 1.42 bits per heavy atom. The molecule has 0 radical (unpaired) electrons. The number of hydrogen-bond acceptors (Lipinski definition) is 5. The molecule has 1 aliphatic heterocycles. The van der Waals surface area contributed by atoms with E-state index in [1.807, 2.05) is 0 Å². The van der Waals surface area contributed by atoms with Gasteiger partial charge in [-0.15, -0.1) is 0 Å². The van der Waals surface area contributed by atoms with E-state index in [2.05, 4.69) is 26.2 Å². The van der Waals surface area contributed by atoms with Crippen molar-refractivity contribution in [3.63, 3.8) is 0 Å². The topological polar surface area (TPSA) is 88.3 Å². The number of rotatable bonds is 3. The number of nitrogens with one attached hydrogen (secondary N) is 1. The van der Waals surface area contributed by atoms with Gasteiger partial charge in [0.1, 0.15) is 0 Å².